The molecule has 0 atom stereocenters. The van der Waals surface area contributed by atoms with E-state index in [4.69, 9.17) is 5.11 Å². The van der Waals surface area contributed by atoms with E-state index >= 15 is 0 Å². The minimum absolute atomic E-state index is 0.0976. The monoisotopic (exact) mass is 303 g/mol. The Balaban J connectivity index is 1.86. The molecule has 0 aromatic heterocycles. The maximum Gasteiger partial charge on any atom is 0.306 e. The van der Waals surface area contributed by atoms with Crippen LogP contribution in [-0.4, -0.2) is 35.0 Å². The zero-order chi connectivity index (χ0) is 16.1. The number of likely N-dealkylation sites (tertiary alicyclic amines) is 1. The van der Waals surface area contributed by atoms with E-state index in [2.05, 4.69) is 26.0 Å². The van der Waals surface area contributed by atoms with Crippen LogP contribution in [0, 0.1) is 11.8 Å². The molecule has 4 nitrogen and oxygen atoms in total. The van der Waals surface area contributed by atoms with Crippen molar-refractivity contribution in [1.82, 2.24) is 4.90 Å². The molecule has 0 saturated carbocycles. The third-order valence-electron chi connectivity index (χ3n) is 4.22. The van der Waals surface area contributed by atoms with Gasteiger partial charge in [-0.2, -0.15) is 0 Å². The summed E-state index contributed by atoms with van der Waals surface area (Å²) in [6, 6.07) is 8.25. The minimum atomic E-state index is -0.743. The van der Waals surface area contributed by atoms with E-state index in [9.17, 15) is 9.59 Å². The molecular formula is C18H25NO3. The van der Waals surface area contributed by atoms with Gasteiger partial charge in [-0.15, -0.1) is 0 Å². The molecule has 0 bridgehead atoms. The van der Waals surface area contributed by atoms with Crippen LogP contribution in [0.5, 0.6) is 0 Å². The van der Waals surface area contributed by atoms with Gasteiger partial charge in [0.2, 0.25) is 5.91 Å². The number of carboxylic acid groups (broad SMARTS) is 1. The summed E-state index contributed by atoms with van der Waals surface area (Å²) in [5.41, 5.74) is 2.33. The van der Waals surface area contributed by atoms with E-state index in [1.807, 2.05) is 12.1 Å². The van der Waals surface area contributed by atoms with Gasteiger partial charge in [-0.25, -0.2) is 0 Å². The Morgan fingerprint density at radius 3 is 2.18 bits per heavy atom. The van der Waals surface area contributed by atoms with E-state index in [0.717, 1.165) is 12.0 Å². The Morgan fingerprint density at radius 2 is 1.68 bits per heavy atom. The van der Waals surface area contributed by atoms with Gasteiger partial charge in [-0.1, -0.05) is 38.1 Å². The summed E-state index contributed by atoms with van der Waals surface area (Å²) in [7, 11) is 0. The number of hydrogen-bond acceptors (Lipinski definition) is 2. The highest BCUT2D eigenvalue weighted by atomic mass is 16.4. The summed E-state index contributed by atoms with van der Waals surface area (Å²) < 4.78 is 0. The fourth-order valence-corrected chi connectivity index (χ4v) is 2.93. The second-order valence-corrected chi connectivity index (χ2v) is 6.58. The molecule has 1 aliphatic rings. The van der Waals surface area contributed by atoms with E-state index in [-0.39, 0.29) is 11.8 Å². The summed E-state index contributed by atoms with van der Waals surface area (Å²) >= 11 is 0. The Kier molecular flexibility index (Phi) is 5.58. The third-order valence-corrected chi connectivity index (χ3v) is 4.22. The topological polar surface area (TPSA) is 57.6 Å². The molecular weight excluding hydrogens is 278 g/mol. The lowest BCUT2D eigenvalue weighted by molar-refractivity contribution is -0.145. The van der Waals surface area contributed by atoms with Gasteiger partial charge in [0, 0.05) is 13.1 Å². The van der Waals surface area contributed by atoms with Crippen LogP contribution in [0.4, 0.5) is 0 Å². The molecule has 1 aromatic carbocycles. The second-order valence-electron chi connectivity index (χ2n) is 6.58. The zero-order valence-electron chi connectivity index (χ0n) is 13.4. The van der Waals surface area contributed by atoms with Crippen molar-refractivity contribution in [2.75, 3.05) is 13.1 Å². The van der Waals surface area contributed by atoms with Crippen molar-refractivity contribution < 1.29 is 14.7 Å². The largest absolute Gasteiger partial charge is 0.481 e. The summed E-state index contributed by atoms with van der Waals surface area (Å²) in [6.45, 7) is 5.50. The van der Waals surface area contributed by atoms with Gasteiger partial charge in [0.15, 0.2) is 0 Å². The SMILES string of the molecule is CC(C)Cc1ccc(CC(=O)N2CCC(C(=O)O)CC2)cc1. The Hall–Kier alpha value is -1.84. The lowest BCUT2D eigenvalue weighted by Crippen LogP contribution is -2.40. The molecule has 1 N–H and O–H groups in total. The minimum Gasteiger partial charge on any atom is -0.481 e. The van der Waals surface area contributed by atoms with Crippen LogP contribution in [0.1, 0.15) is 37.8 Å². The molecule has 0 unspecified atom stereocenters. The smallest absolute Gasteiger partial charge is 0.306 e. The van der Waals surface area contributed by atoms with Crippen molar-refractivity contribution >= 4 is 11.9 Å². The lowest BCUT2D eigenvalue weighted by Gasteiger charge is -2.30. The number of aliphatic carboxylic acids is 1. The molecule has 22 heavy (non-hydrogen) atoms. The predicted octanol–water partition coefficient (Wildman–Crippen LogP) is 2.75. The molecule has 0 spiro atoms. The number of hydrogen-bond donors (Lipinski definition) is 1. The number of piperidine rings is 1. The Morgan fingerprint density at radius 1 is 1.14 bits per heavy atom. The molecule has 0 aliphatic carbocycles. The van der Waals surface area contributed by atoms with Gasteiger partial charge in [-0.05, 0) is 36.3 Å². The van der Waals surface area contributed by atoms with Crippen molar-refractivity contribution in [3.05, 3.63) is 35.4 Å². The van der Waals surface area contributed by atoms with Crippen LogP contribution in [0.2, 0.25) is 0 Å². The average Bonchev–Trinajstić information content (AvgIpc) is 2.49. The van der Waals surface area contributed by atoms with Crippen LogP contribution < -0.4 is 0 Å². The van der Waals surface area contributed by atoms with Crippen molar-refractivity contribution in [3.63, 3.8) is 0 Å². The van der Waals surface area contributed by atoms with Crippen molar-refractivity contribution in [3.8, 4) is 0 Å². The van der Waals surface area contributed by atoms with Crippen molar-refractivity contribution in [1.29, 1.82) is 0 Å². The highest BCUT2D eigenvalue weighted by Crippen LogP contribution is 2.18. The maximum atomic E-state index is 12.3. The average molecular weight is 303 g/mol. The van der Waals surface area contributed by atoms with Crippen LogP contribution >= 0.6 is 0 Å². The van der Waals surface area contributed by atoms with Crippen LogP contribution in [0.3, 0.4) is 0 Å². The van der Waals surface area contributed by atoms with Crippen LogP contribution in [0.25, 0.3) is 0 Å². The highest BCUT2D eigenvalue weighted by Gasteiger charge is 2.26. The van der Waals surface area contributed by atoms with Gasteiger partial charge in [0.1, 0.15) is 0 Å². The molecule has 4 heteroatoms. The van der Waals surface area contributed by atoms with Crippen LogP contribution in [0.15, 0.2) is 24.3 Å². The quantitative estimate of drug-likeness (QED) is 0.910. The fourth-order valence-electron chi connectivity index (χ4n) is 2.93. The first-order valence-electron chi connectivity index (χ1n) is 8.04. The highest BCUT2D eigenvalue weighted by molar-refractivity contribution is 5.79. The third kappa shape index (κ3) is 4.58. The lowest BCUT2D eigenvalue weighted by atomic mass is 9.96. The standard InChI is InChI=1S/C18H25NO3/c1-13(2)11-14-3-5-15(6-4-14)12-17(20)19-9-7-16(8-10-19)18(21)22/h3-6,13,16H,7-12H2,1-2H3,(H,21,22). The number of carboxylic acids is 1. The molecule has 120 valence electrons. The molecule has 2 rings (SSSR count). The van der Waals surface area contributed by atoms with Crippen LogP contribution in [-0.2, 0) is 22.4 Å². The molecule has 1 heterocycles. The van der Waals surface area contributed by atoms with Gasteiger partial charge in [0.25, 0.3) is 0 Å². The van der Waals surface area contributed by atoms with E-state index in [1.165, 1.54) is 5.56 Å². The van der Waals surface area contributed by atoms with Gasteiger partial charge in [0.05, 0.1) is 12.3 Å². The number of carbonyl (C=O) groups is 2. The number of benzene rings is 1. The van der Waals surface area contributed by atoms with E-state index in [0.29, 0.717) is 38.3 Å². The summed E-state index contributed by atoms with van der Waals surface area (Å²) in [6.07, 6.45) is 2.58. The number of amides is 1. The van der Waals surface area contributed by atoms with Crippen molar-refractivity contribution in [2.45, 2.75) is 39.5 Å². The maximum absolute atomic E-state index is 12.3. The van der Waals surface area contributed by atoms with Gasteiger partial charge < -0.3 is 10.0 Å². The van der Waals surface area contributed by atoms with Gasteiger partial charge in [-0.3, -0.25) is 9.59 Å². The molecule has 1 aliphatic heterocycles. The van der Waals surface area contributed by atoms with Crippen molar-refractivity contribution in [2.24, 2.45) is 11.8 Å². The fraction of sp³-hybridized carbons (Fsp3) is 0.556. The second kappa shape index (κ2) is 7.43. The first kappa shape index (κ1) is 16.5. The molecule has 1 saturated heterocycles. The molecule has 1 amide bonds. The molecule has 0 radical (unpaired) electrons. The molecule has 1 aromatic rings. The number of rotatable bonds is 5. The van der Waals surface area contributed by atoms with Gasteiger partial charge >= 0.3 is 5.97 Å². The van der Waals surface area contributed by atoms with E-state index in [1.54, 1.807) is 4.90 Å². The molecule has 1 fully saturated rings. The summed E-state index contributed by atoms with van der Waals surface area (Å²) in [5.74, 6) is -0.310. The predicted molar refractivity (Wildman–Crippen MR) is 85.6 cm³/mol. The summed E-state index contributed by atoms with van der Waals surface area (Å²) in [5, 5.41) is 8.98. The Bertz CT molecular complexity index is 514. The first-order chi connectivity index (χ1) is 10.5. The number of nitrogens with zero attached hydrogens (tertiary/aromatic N) is 1. The number of carbonyl (C=O) groups excluding carboxylic acids is 1. The summed E-state index contributed by atoms with van der Waals surface area (Å²) in [4.78, 5) is 25.0. The first-order valence-corrected chi connectivity index (χ1v) is 8.04. The Labute approximate surface area is 132 Å². The van der Waals surface area contributed by atoms with E-state index < -0.39 is 5.97 Å². The zero-order valence-corrected chi connectivity index (χ0v) is 13.4. The normalized spacial score (nSPS) is 16.0.